The third kappa shape index (κ3) is 6.81. The fourth-order valence-electron chi connectivity index (χ4n) is 4.01. The zero-order valence-corrected chi connectivity index (χ0v) is 27.6. The minimum atomic E-state index is -4.69. The second-order valence-electron chi connectivity index (χ2n) is 8.51. The summed E-state index contributed by atoms with van der Waals surface area (Å²) in [7, 11) is -9.37. The van der Waals surface area contributed by atoms with Crippen molar-refractivity contribution in [1.29, 1.82) is 0 Å². The number of rotatable bonds is 9. The highest BCUT2D eigenvalue weighted by Crippen LogP contribution is 2.36. The molecule has 0 saturated carbocycles. The lowest BCUT2D eigenvalue weighted by molar-refractivity contribution is 0.554. The molecule has 0 radical (unpaired) electrons. The molecule has 4 aromatic rings. The monoisotopic (exact) mass is 758 g/mol. The summed E-state index contributed by atoms with van der Waals surface area (Å²) in [6.45, 7) is 0. The van der Waals surface area contributed by atoms with Crippen LogP contribution in [0.15, 0.2) is 112 Å². The molecular weight excluding hydrogens is 744 g/mol. The maximum atomic E-state index is 13.5. The van der Waals surface area contributed by atoms with E-state index in [-0.39, 0.29) is 21.2 Å². The van der Waals surface area contributed by atoms with Gasteiger partial charge in [0, 0.05) is 10.0 Å². The molecule has 0 spiro atoms. The predicted octanol–water partition coefficient (Wildman–Crippen LogP) is 4.65. The number of benzene rings is 4. The SMILES string of the molecule is O=S(O)c1cc(Cl)ccc1S(=O)(=O)c1ccc(-c2ccc(S(=O)(=O)c3ccc(Cl)cc3S(=O)O)c(S(=O)O)c2)cc1S(=O)O. The Morgan fingerprint density at radius 3 is 0.955 bits per heavy atom. The van der Waals surface area contributed by atoms with E-state index in [1.807, 2.05) is 0 Å². The molecule has 0 aliphatic heterocycles. The largest absolute Gasteiger partial charge is 0.302 e. The van der Waals surface area contributed by atoms with Crippen LogP contribution in [-0.4, -0.2) is 51.9 Å². The number of sulfone groups is 2. The van der Waals surface area contributed by atoms with Crippen molar-refractivity contribution in [2.75, 3.05) is 0 Å². The first-order valence-corrected chi connectivity index (χ1v) is 19.4. The lowest BCUT2D eigenvalue weighted by atomic mass is 10.1. The van der Waals surface area contributed by atoms with Crippen LogP contribution in [0.1, 0.15) is 0 Å². The van der Waals surface area contributed by atoms with Gasteiger partial charge in [-0.05, 0) is 71.8 Å². The summed E-state index contributed by atoms with van der Waals surface area (Å²) < 4.78 is 141. The molecule has 12 nitrogen and oxygen atoms in total. The van der Waals surface area contributed by atoms with E-state index >= 15 is 0 Å². The van der Waals surface area contributed by atoms with Crippen molar-refractivity contribution in [2.45, 2.75) is 39.2 Å². The van der Waals surface area contributed by atoms with Crippen LogP contribution in [0.5, 0.6) is 0 Å². The first kappa shape index (κ1) is 34.7. The maximum absolute atomic E-state index is 13.5. The average Bonchev–Trinajstić information content (AvgIpc) is 2.95. The lowest BCUT2D eigenvalue weighted by Crippen LogP contribution is -2.11. The van der Waals surface area contributed by atoms with E-state index in [0.29, 0.717) is 0 Å². The van der Waals surface area contributed by atoms with Gasteiger partial charge in [0.05, 0.1) is 39.2 Å². The summed E-state index contributed by atoms with van der Waals surface area (Å²) in [5.41, 5.74) is 0.0328. The van der Waals surface area contributed by atoms with Gasteiger partial charge >= 0.3 is 0 Å². The van der Waals surface area contributed by atoms with Gasteiger partial charge in [0.2, 0.25) is 19.7 Å². The molecule has 4 aromatic carbocycles. The first-order valence-electron chi connectivity index (χ1n) is 11.3. The molecule has 0 bridgehead atoms. The number of hydrogen-bond donors (Lipinski definition) is 4. The molecule has 4 rings (SSSR count). The fraction of sp³-hybridized carbons (Fsp3) is 0. The van der Waals surface area contributed by atoms with Gasteiger partial charge in [0.1, 0.15) is 0 Å². The van der Waals surface area contributed by atoms with Crippen molar-refractivity contribution in [3.8, 4) is 11.1 Å². The second-order valence-corrected chi connectivity index (χ2v) is 16.9. The van der Waals surface area contributed by atoms with Gasteiger partial charge in [0.15, 0.2) is 44.3 Å². The van der Waals surface area contributed by atoms with E-state index in [2.05, 4.69) is 0 Å². The van der Waals surface area contributed by atoms with E-state index in [4.69, 9.17) is 23.2 Å². The van der Waals surface area contributed by atoms with E-state index in [9.17, 15) is 51.9 Å². The van der Waals surface area contributed by atoms with Gasteiger partial charge in [-0.2, -0.15) is 0 Å². The molecule has 0 amide bonds. The molecule has 44 heavy (non-hydrogen) atoms. The maximum Gasteiger partial charge on any atom is 0.209 e. The molecule has 0 aliphatic carbocycles. The minimum absolute atomic E-state index is 0.0164. The van der Waals surface area contributed by atoms with Crippen LogP contribution in [0.25, 0.3) is 11.1 Å². The Labute approximate surface area is 270 Å². The van der Waals surface area contributed by atoms with Gasteiger partial charge < -0.3 is 18.2 Å². The Balaban J connectivity index is 1.89. The summed E-state index contributed by atoms with van der Waals surface area (Å²) >= 11 is 0.166. The Hall–Kier alpha value is -2.20. The third-order valence-corrected chi connectivity index (χ3v) is 13.5. The van der Waals surface area contributed by atoms with E-state index in [1.54, 1.807) is 0 Å². The molecule has 234 valence electrons. The van der Waals surface area contributed by atoms with Crippen molar-refractivity contribution in [3.63, 3.8) is 0 Å². The molecule has 4 atom stereocenters. The molecule has 0 fully saturated rings. The average molecular weight is 760 g/mol. The molecule has 0 heterocycles. The highest BCUT2D eigenvalue weighted by molar-refractivity contribution is 7.93. The smallest absolute Gasteiger partial charge is 0.209 e. The Kier molecular flexibility index (Phi) is 10.5. The second kappa shape index (κ2) is 13.3. The first-order chi connectivity index (χ1) is 20.5. The van der Waals surface area contributed by atoms with Gasteiger partial charge in [-0.25, -0.2) is 33.7 Å². The highest BCUT2D eigenvalue weighted by Gasteiger charge is 2.31. The van der Waals surface area contributed by atoms with Crippen molar-refractivity contribution >= 4 is 87.2 Å². The van der Waals surface area contributed by atoms with Crippen molar-refractivity contribution in [3.05, 3.63) is 82.8 Å². The van der Waals surface area contributed by atoms with Crippen LogP contribution in [0.4, 0.5) is 0 Å². The fourth-order valence-corrected chi connectivity index (χ4v) is 11.3. The molecule has 20 heteroatoms. The van der Waals surface area contributed by atoms with Crippen LogP contribution in [0, 0.1) is 0 Å². The summed E-state index contributed by atoms with van der Waals surface area (Å²) in [4.78, 5) is -5.17. The van der Waals surface area contributed by atoms with Crippen LogP contribution in [0.3, 0.4) is 0 Å². The molecule has 4 N–H and O–H groups in total. The van der Waals surface area contributed by atoms with Gasteiger partial charge in [-0.3, -0.25) is 0 Å². The summed E-state index contributed by atoms with van der Waals surface area (Å²) in [6, 6.07) is 12.2. The van der Waals surface area contributed by atoms with Gasteiger partial charge in [-0.1, -0.05) is 35.3 Å². The van der Waals surface area contributed by atoms with E-state index in [1.165, 1.54) is 0 Å². The highest BCUT2D eigenvalue weighted by atomic mass is 35.5. The third-order valence-electron chi connectivity index (χ3n) is 5.94. The van der Waals surface area contributed by atoms with Crippen molar-refractivity contribution < 1.29 is 51.9 Å². The quantitative estimate of drug-likeness (QED) is 0.172. The van der Waals surface area contributed by atoms with Gasteiger partial charge in [-0.15, -0.1) is 0 Å². The number of halogens is 2. The predicted molar refractivity (Wildman–Crippen MR) is 162 cm³/mol. The summed E-state index contributed by atoms with van der Waals surface area (Å²) in [5, 5.41) is -0.0794. The van der Waals surface area contributed by atoms with Crippen LogP contribution in [0.2, 0.25) is 10.0 Å². The molecule has 0 saturated heterocycles. The molecule has 0 aromatic heterocycles. The van der Waals surface area contributed by atoms with Crippen LogP contribution in [-0.2, 0) is 64.0 Å². The Morgan fingerprint density at radius 1 is 0.432 bits per heavy atom. The minimum Gasteiger partial charge on any atom is -0.302 e. The topological polar surface area (TPSA) is 217 Å². The standard InChI is InChI=1S/C24H16Cl2O12S6/c25-15-3-7-23(19(11-15)41(31)32)43(35,36)21-5-1-13(9-17(21)39(27)28)14-2-6-22(18(10-14)40(29)30)44(37,38)24-8-4-16(26)12-20(24)42(33)34/h1-12H,(H,27,28)(H,29,30)(H,31,32)(H,33,34). The number of hydrogen-bond acceptors (Lipinski definition) is 8. The molecular formula is C24H16Cl2O12S6. The van der Waals surface area contributed by atoms with E-state index in [0.717, 1.165) is 72.8 Å². The van der Waals surface area contributed by atoms with Crippen molar-refractivity contribution in [1.82, 2.24) is 0 Å². The van der Waals surface area contributed by atoms with E-state index < -0.39 is 103 Å². The van der Waals surface area contributed by atoms with Crippen LogP contribution >= 0.6 is 23.2 Å². The normalized spacial score (nSPS) is 15.0. The zero-order chi connectivity index (χ0) is 32.7. The zero-order valence-electron chi connectivity index (χ0n) is 21.2. The summed E-state index contributed by atoms with van der Waals surface area (Å²) in [6.07, 6.45) is 0. The molecule has 0 aliphatic rings. The Bertz CT molecular complexity index is 2000. The Morgan fingerprint density at radius 2 is 0.682 bits per heavy atom. The van der Waals surface area contributed by atoms with Gasteiger partial charge in [0.25, 0.3) is 0 Å². The van der Waals surface area contributed by atoms with Crippen LogP contribution < -0.4 is 0 Å². The molecule has 4 unspecified atom stereocenters. The summed E-state index contributed by atoms with van der Waals surface area (Å²) in [5.74, 6) is 0. The lowest BCUT2D eigenvalue weighted by Gasteiger charge is -2.14. The van der Waals surface area contributed by atoms with Crippen molar-refractivity contribution in [2.24, 2.45) is 0 Å².